The molecule has 2 unspecified atom stereocenters. The van der Waals surface area contributed by atoms with E-state index in [4.69, 9.17) is 19.1 Å². The van der Waals surface area contributed by atoms with Crippen LogP contribution >= 0.6 is 7.82 Å². The van der Waals surface area contributed by atoms with E-state index in [-0.39, 0.29) is 19.4 Å². The van der Waals surface area contributed by atoms with Gasteiger partial charge < -0.3 is 33.6 Å². The number of phosphoric acid groups is 1. The first-order valence-electron chi connectivity index (χ1n) is 20.3. The smallest absolute Gasteiger partial charge is 0.306 e. The highest BCUT2D eigenvalue weighted by Crippen LogP contribution is 2.38. The van der Waals surface area contributed by atoms with E-state index >= 15 is 0 Å². The number of hydrogen-bond donors (Lipinski definition) is 2. The van der Waals surface area contributed by atoms with Gasteiger partial charge in [0.1, 0.15) is 12.7 Å². The molecule has 0 saturated carbocycles. The zero-order valence-corrected chi connectivity index (χ0v) is 33.2. The maximum atomic E-state index is 12.5. The molecule has 0 aliphatic heterocycles. The molecule has 2 N–H and O–H groups in total. The molecule has 0 aromatic carbocycles. The normalized spacial score (nSPS) is 14.2. The number of rotatable bonds is 38. The van der Waals surface area contributed by atoms with E-state index in [0.717, 1.165) is 64.2 Å². The van der Waals surface area contributed by atoms with Crippen molar-refractivity contribution in [1.82, 2.24) is 0 Å². The van der Waals surface area contributed by atoms with E-state index in [1.54, 1.807) is 0 Å². The minimum absolute atomic E-state index is 0.155. The lowest BCUT2D eigenvalue weighted by molar-refractivity contribution is -0.230. The van der Waals surface area contributed by atoms with Crippen molar-refractivity contribution in [1.29, 1.82) is 0 Å². The maximum Gasteiger partial charge on any atom is 0.306 e. The number of carbonyl (C=O) groups excluding carboxylic acids is 2. The van der Waals surface area contributed by atoms with Gasteiger partial charge in [-0.15, -0.1) is 0 Å². The van der Waals surface area contributed by atoms with E-state index in [0.29, 0.717) is 12.8 Å². The Balaban J connectivity index is 4.35. The summed E-state index contributed by atoms with van der Waals surface area (Å²) in [5, 5.41) is 18.2. The van der Waals surface area contributed by atoms with Crippen LogP contribution in [0, 0.1) is 0 Å². The largest absolute Gasteiger partial charge is 0.756 e. The first-order valence-corrected chi connectivity index (χ1v) is 21.7. The molecule has 0 aliphatic carbocycles. The van der Waals surface area contributed by atoms with Gasteiger partial charge in [0.05, 0.1) is 19.8 Å². The Hall–Kier alpha value is -1.55. The zero-order chi connectivity index (χ0) is 37.7. The van der Waals surface area contributed by atoms with E-state index in [1.807, 2.05) is 0 Å². The molecular formula is C40H74O10P-. The monoisotopic (exact) mass is 746 g/mol. The highest BCUT2D eigenvalue weighted by molar-refractivity contribution is 7.45. The van der Waals surface area contributed by atoms with E-state index in [9.17, 15) is 24.2 Å². The Kier molecular flexibility index (Phi) is 35.7. The van der Waals surface area contributed by atoms with Crippen LogP contribution in [0.5, 0.6) is 0 Å². The van der Waals surface area contributed by atoms with Crippen molar-refractivity contribution >= 4 is 19.8 Å². The SMILES string of the molecule is CCCCCC=CCC=CCCCCCCCC(=O)O[C@H](COC(=O)CCCCCCCCCCCCCCC)COP(=O)([O-])OCC(O)CO. The summed E-state index contributed by atoms with van der Waals surface area (Å²) in [6.45, 7) is 2.15. The van der Waals surface area contributed by atoms with Crippen LogP contribution < -0.4 is 4.89 Å². The summed E-state index contributed by atoms with van der Waals surface area (Å²) < 4.78 is 32.2. The van der Waals surface area contributed by atoms with Gasteiger partial charge in [0.15, 0.2) is 6.10 Å². The number of carbonyl (C=O) groups is 2. The number of unbranched alkanes of at least 4 members (excludes halogenated alkanes) is 20. The van der Waals surface area contributed by atoms with E-state index < -0.39 is 51.8 Å². The summed E-state index contributed by atoms with van der Waals surface area (Å²) in [7, 11) is -4.86. The topological polar surface area (TPSA) is 152 Å². The summed E-state index contributed by atoms with van der Waals surface area (Å²) in [5.41, 5.74) is 0. The van der Waals surface area contributed by atoms with E-state index in [2.05, 4.69) is 42.7 Å². The van der Waals surface area contributed by atoms with Crippen molar-refractivity contribution in [3.8, 4) is 0 Å². The Morgan fingerprint density at radius 1 is 0.608 bits per heavy atom. The molecule has 0 amide bonds. The third kappa shape index (κ3) is 36.6. The molecule has 0 heterocycles. The number of allylic oxidation sites excluding steroid dienone is 4. The zero-order valence-electron chi connectivity index (χ0n) is 32.3. The van der Waals surface area contributed by atoms with Crippen LogP contribution in [0.3, 0.4) is 0 Å². The Labute approximate surface area is 310 Å². The lowest BCUT2D eigenvalue weighted by Crippen LogP contribution is -2.30. The molecule has 0 radical (unpaired) electrons. The summed E-state index contributed by atoms with van der Waals surface area (Å²) in [6.07, 6.45) is 34.0. The third-order valence-electron chi connectivity index (χ3n) is 8.60. The van der Waals surface area contributed by atoms with Gasteiger partial charge in [-0.2, -0.15) is 0 Å². The molecule has 0 fully saturated rings. The van der Waals surface area contributed by atoms with Crippen LogP contribution in [0.1, 0.15) is 181 Å². The van der Waals surface area contributed by atoms with E-state index in [1.165, 1.54) is 77.0 Å². The summed E-state index contributed by atoms with van der Waals surface area (Å²) >= 11 is 0. The summed E-state index contributed by atoms with van der Waals surface area (Å²) in [4.78, 5) is 37.0. The second kappa shape index (κ2) is 36.8. The van der Waals surface area contributed by atoms with Gasteiger partial charge in [0.2, 0.25) is 0 Å². The van der Waals surface area contributed by atoms with Crippen molar-refractivity contribution in [2.24, 2.45) is 0 Å². The molecule has 3 atom stereocenters. The van der Waals surface area contributed by atoms with Gasteiger partial charge in [0.25, 0.3) is 7.82 Å². The minimum atomic E-state index is -4.86. The average molecular weight is 746 g/mol. The molecule has 300 valence electrons. The molecule has 0 rings (SSSR count). The molecular weight excluding hydrogens is 671 g/mol. The quantitative estimate of drug-likeness (QED) is 0.0271. The molecule has 0 spiro atoms. The Morgan fingerprint density at radius 3 is 1.57 bits per heavy atom. The number of esters is 2. The molecule has 0 saturated heterocycles. The van der Waals surface area contributed by atoms with Gasteiger partial charge >= 0.3 is 11.9 Å². The molecule has 0 aromatic rings. The maximum absolute atomic E-state index is 12.5. The number of hydrogen-bond acceptors (Lipinski definition) is 10. The van der Waals surface area contributed by atoms with Gasteiger partial charge in [0, 0.05) is 12.8 Å². The van der Waals surface area contributed by atoms with Crippen LogP contribution in [0.2, 0.25) is 0 Å². The lowest BCUT2D eigenvalue weighted by Gasteiger charge is -2.26. The molecule has 0 bridgehead atoms. The minimum Gasteiger partial charge on any atom is -0.756 e. The fraction of sp³-hybridized carbons (Fsp3) is 0.850. The lowest BCUT2D eigenvalue weighted by atomic mass is 10.0. The molecule has 0 aromatic heterocycles. The number of aliphatic hydroxyl groups excluding tert-OH is 2. The fourth-order valence-corrected chi connectivity index (χ4v) is 6.21. The average Bonchev–Trinajstić information content (AvgIpc) is 3.12. The van der Waals surface area contributed by atoms with Crippen LogP contribution in [-0.2, 0) is 32.7 Å². The predicted molar refractivity (Wildman–Crippen MR) is 203 cm³/mol. The first-order chi connectivity index (χ1) is 24.7. The van der Waals surface area contributed by atoms with Gasteiger partial charge in [-0.25, -0.2) is 0 Å². The van der Waals surface area contributed by atoms with Crippen molar-refractivity contribution in [2.75, 3.05) is 26.4 Å². The fourth-order valence-electron chi connectivity index (χ4n) is 5.43. The van der Waals surface area contributed by atoms with Crippen LogP contribution in [0.25, 0.3) is 0 Å². The van der Waals surface area contributed by atoms with Crippen LogP contribution in [0.15, 0.2) is 24.3 Å². The molecule has 51 heavy (non-hydrogen) atoms. The number of phosphoric ester groups is 1. The number of ether oxygens (including phenoxy) is 2. The van der Waals surface area contributed by atoms with Gasteiger partial charge in [-0.1, -0.05) is 147 Å². The molecule has 10 nitrogen and oxygen atoms in total. The molecule has 11 heteroatoms. The standard InChI is InChI=1S/C40H75O10P/c1-3-5-7-9-11-13-15-17-18-20-22-24-26-28-30-32-40(44)50-38(36-49-51(45,46)48-34-37(42)33-41)35-47-39(43)31-29-27-25-23-21-19-16-14-12-10-8-6-4-2/h11,13,17-18,37-38,41-42H,3-10,12,14-16,19-36H2,1-2H3,(H,45,46)/p-1/t37?,38-/m1/s1. The second-order valence-electron chi connectivity index (χ2n) is 13.6. The third-order valence-corrected chi connectivity index (χ3v) is 9.53. The van der Waals surface area contributed by atoms with Crippen LogP contribution in [0.4, 0.5) is 0 Å². The highest BCUT2D eigenvalue weighted by atomic mass is 31.2. The van der Waals surface area contributed by atoms with Crippen molar-refractivity contribution in [3.05, 3.63) is 24.3 Å². The van der Waals surface area contributed by atoms with Gasteiger partial charge in [-0.05, 0) is 44.9 Å². The Morgan fingerprint density at radius 2 is 1.04 bits per heavy atom. The van der Waals surface area contributed by atoms with Crippen molar-refractivity contribution < 1.29 is 47.8 Å². The van der Waals surface area contributed by atoms with Crippen LogP contribution in [-0.4, -0.2) is 60.8 Å². The summed E-state index contributed by atoms with van der Waals surface area (Å²) in [5.74, 6) is -0.973. The van der Waals surface area contributed by atoms with Crippen molar-refractivity contribution in [2.45, 2.75) is 193 Å². The highest BCUT2D eigenvalue weighted by Gasteiger charge is 2.21. The van der Waals surface area contributed by atoms with Crippen molar-refractivity contribution in [3.63, 3.8) is 0 Å². The Bertz CT molecular complexity index is 910. The van der Waals surface area contributed by atoms with Gasteiger partial charge in [-0.3, -0.25) is 14.2 Å². The number of aliphatic hydroxyl groups is 2. The molecule has 0 aliphatic rings. The second-order valence-corrected chi connectivity index (χ2v) is 15.1. The summed E-state index contributed by atoms with van der Waals surface area (Å²) in [6, 6.07) is 0. The first kappa shape index (κ1) is 49.5. The predicted octanol–water partition coefficient (Wildman–Crippen LogP) is 9.59.